The van der Waals surface area contributed by atoms with E-state index in [0.717, 1.165) is 50.1 Å². The molecule has 0 aromatic heterocycles. The highest BCUT2D eigenvalue weighted by Gasteiger charge is 2.44. The topological polar surface area (TPSA) is 42.8 Å². The van der Waals surface area contributed by atoms with Gasteiger partial charge < -0.3 is 15.0 Å². The molecule has 3 rings (SSSR count). The molecule has 102 valence electrons. The van der Waals surface area contributed by atoms with Gasteiger partial charge in [-0.1, -0.05) is 18.2 Å². The smallest absolute Gasteiger partial charge is 0.207 e. The van der Waals surface area contributed by atoms with E-state index in [0.29, 0.717) is 0 Å². The molecule has 1 aromatic carbocycles. The van der Waals surface area contributed by atoms with E-state index in [1.807, 2.05) is 24.3 Å². The number of piperidine rings is 1. The second-order valence-corrected chi connectivity index (χ2v) is 5.82. The van der Waals surface area contributed by atoms with Crippen LogP contribution in [0.5, 0.6) is 5.75 Å². The zero-order valence-corrected chi connectivity index (χ0v) is 11.3. The van der Waals surface area contributed by atoms with E-state index in [1.54, 1.807) is 4.90 Å². The van der Waals surface area contributed by atoms with Crippen molar-refractivity contribution >= 4 is 6.41 Å². The van der Waals surface area contributed by atoms with Gasteiger partial charge in [0.25, 0.3) is 0 Å². The van der Waals surface area contributed by atoms with Gasteiger partial charge in [0, 0.05) is 24.8 Å². The number of carbonyl (C=O) groups is 1. The lowest BCUT2D eigenvalue weighted by molar-refractivity contribution is -0.887. The number of quaternary nitrogens is 1. The van der Waals surface area contributed by atoms with Gasteiger partial charge in [0.1, 0.15) is 11.4 Å². The molecular weight excluding hydrogens is 240 g/mol. The van der Waals surface area contributed by atoms with E-state index in [9.17, 15) is 4.79 Å². The molecule has 19 heavy (non-hydrogen) atoms. The van der Waals surface area contributed by atoms with Crippen LogP contribution in [0.4, 0.5) is 0 Å². The molecule has 0 saturated carbocycles. The Kier molecular flexibility index (Phi) is 3.19. The quantitative estimate of drug-likeness (QED) is 0.752. The minimum Gasteiger partial charge on any atom is -0.486 e. The number of hydrogen-bond acceptors (Lipinski definition) is 2. The van der Waals surface area contributed by atoms with Crippen molar-refractivity contribution < 1.29 is 14.4 Å². The highest BCUT2D eigenvalue weighted by molar-refractivity contribution is 5.50. The minimum atomic E-state index is -0.0888. The number of para-hydroxylation sites is 1. The average molecular weight is 261 g/mol. The lowest BCUT2D eigenvalue weighted by Gasteiger charge is -2.44. The third-order valence-electron chi connectivity index (χ3n) is 4.48. The average Bonchev–Trinajstić information content (AvgIpc) is 2.43. The third kappa shape index (κ3) is 2.32. The van der Waals surface area contributed by atoms with Crippen LogP contribution < -0.4 is 15.0 Å². The Bertz CT molecular complexity index is 467. The molecule has 2 aliphatic heterocycles. The first-order chi connectivity index (χ1) is 9.22. The van der Waals surface area contributed by atoms with Crippen LogP contribution in [0, 0.1) is 0 Å². The Morgan fingerprint density at radius 3 is 2.84 bits per heavy atom. The van der Waals surface area contributed by atoms with E-state index >= 15 is 0 Å². The summed E-state index contributed by atoms with van der Waals surface area (Å²) < 4.78 is 6.32. The van der Waals surface area contributed by atoms with Crippen molar-refractivity contribution in [2.24, 2.45) is 0 Å². The maximum Gasteiger partial charge on any atom is 0.207 e. The van der Waals surface area contributed by atoms with Crippen LogP contribution in [0.15, 0.2) is 24.3 Å². The van der Waals surface area contributed by atoms with Gasteiger partial charge in [-0.3, -0.25) is 4.79 Å². The summed E-state index contributed by atoms with van der Waals surface area (Å²) >= 11 is 0. The van der Waals surface area contributed by atoms with Gasteiger partial charge in [-0.05, 0) is 6.07 Å². The summed E-state index contributed by atoms with van der Waals surface area (Å²) in [6, 6.07) is 8.14. The molecule has 1 fully saturated rings. The van der Waals surface area contributed by atoms with Crippen LogP contribution >= 0.6 is 0 Å². The largest absolute Gasteiger partial charge is 0.486 e. The maximum atomic E-state index is 10.9. The van der Waals surface area contributed by atoms with Crippen molar-refractivity contribution in [1.82, 2.24) is 5.32 Å². The predicted octanol–water partition coefficient (Wildman–Crippen LogP) is 0.304. The second kappa shape index (κ2) is 4.85. The van der Waals surface area contributed by atoms with Gasteiger partial charge in [0.05, 0.1) is 26.2 Å². The number of ether oxygens (including phenoxy) is 1. The molecule has 0 radical (unpaired) electrons. The van der Waals surface area contributed by atoms with Crippen LogP contribution in [0.2, 0.25) is 0 Å². The van der Waals surface area contributed by atoms with E-state index in [2.05, 4.69) is 12.4 Å². The van der Waals surface area contributed by atoms with Crippen molar-refractivity contribution in [3.63, 3.8) is 0 Å². The minimum absolute atomic E-state index is 0.0841. The Balaban J connectivity index is 1.90. The number of hydrogen-bond donors (Lipinski definition) is 2. The summed E-state index contributed by atoms with van der Waals surface area (Å²) in [5.74, 6) is 0.938. The summed E-state index contributed by atoms with van der Waals surface area (Å²) in [4.78, 5) is 12.4. The molecule has 1 amide bonds. The fraction of sp³-hybridized carbons (Fsp3) is 0.533. The number of likely N-dealkylation sites (tertiary alicyclic amines) is 1. The van der Waals surface area contributed by atoms with Crippen LogP contribution in [0.3, 0.4) is 0 Å². The van der Waals surface area contributed by atoms with Crippen molar-refractivity contribution in [3.8, 4) is 5.75 Å². The molecule has 2 aliphatic rings. The zero-order valence-electron chi connectivity index (χ0n) is 11.3. The fourth-order valence-electron chi connectivity index (χ4n) is 3.29. The number of rotatable bonds is 2. The Morgan fingerprint density at radius 2 is 2.11 bits per heavy atom. The molecule has 4 nitrogen and oxygen atoms in total. The van der Waals surface area contributed by atoms with E-state index < -0.39 is 0 Å². The van der Waals surface area contributed by atoms with Gasteiger partial charge in [-0.15, -0.1) is 0 Å². The molecule has 1 atom stereocenters. The first-order valence-electron chi connectivity index (χ1n) is 7.01. The van der Waals surface area contributed by atoms with Gasteiger partial charge in [0.15, 0.2) is 0 Å². The predicted molar refractivity (Wildman–Crippen MR) is 72.2 cm³/mol. The Morgan fingerprint density at radius 1 is 1.37 bits per heavy atom. The summed E-state index contributed by atoms with van der Waals surface area (Å²) in [5.41, 5.74) is 1.01. The van der Waals surface area contributed by atoms with Crippen LogP contribution in [0.1, 0.15) is 30.9 Å². The molecule has 1 spiro atoms. The van der Waals surface area contributed by atoms with E-state index in [-0.39, 0.29) is 11.6 Å². The highest BCUT2D eigenvalue weighted by atomic mass is 16.5. The number of amides is 1. The molecule has 2 N–H and O–H groups in total. The van der Waals surface area contributed by atoms with Gasteiger partial charge in [-0.2, -0.15) is 0 Å². The lowest BCUT2D eigenvalue weighted by atomic mass is 9.81. The molecule has 2 heterocycles. The fourth-order valence-corrected chi connectivity index (χ4v) is 3.29. The van der Waals surface area contributed by atoms with Crippen molar-refractivity contribution in [2.75, 3.05) is 20.1 Å². The van der Waals surface area contributed by atoms with E-state index in [1.165, 1.54) is 0 Å². The number of nitrogens with one attached hydrogen (secondary N) is 2. The van der Waals surface area contributed by atoms with Crippen molar-refractivity contribution in [1.29, 1.82) is 0 Å². The standard InChI is InChI=1S/C15H20N2O2/c1-17-8-6-15(7-9-17)10-13(16-11-18)12-4-2-3-5-14(12)19-15/h2-5,11,13H,6-10H2,1H3,(H,16,18)/p+1/t13-/m0/s1. The number of carbonyl (C=O) groups excluding carboxylic acids is 1. The monoisotopic (exact) mass is 261 g/mol. The first kappa shape index (κ1) is 12.5. The Labute approximate surface area is 113 Å². The summed E-state index contributed by atoms with van der Waals surface area (Å²) in [6.45, 7) is 2.27. The summed E-state index contributed by atoms with van der Waals surface area (Å²) in [6.07, 6.45) is 3.81. The van der Waals surface area contributed by atoms with Crippen molar-refractivity contribution in [2.45, 2.75) is 30.9 Å². The summed E-state index contributed by atoms with van der Waals surface area (Å²) in [5, 5.41) is 2.96. The lowest BCUT2D eigenvalue weighted by Crippen LogP contribution is -3.10. The molecule has 0 bridgehead atoms. The normalized spacial score (nSPS) is 33.3. The van der Waals surface area contributed by atoms with Gasteiger partial charge in [-0.25, -0.2) is 0 Å². The third-order valence-corrected chi connectivity index (χ3v) is 4.48. The highest BCUT2D eigenvalue weighted by Crippen LogP contribution is 2.42. The molecule has 1 saturated heterocycles. The van der Waals surface area contributed by atoms with Crippen LogP contribution in [-0.4, -0.2) is 32.1 Å². The number of fused-ring (bicyclic) bond motifs is 1. The van der Waals surface area contributed by atoms with E-state index in [4.69, 9.17) is 4.74 Å². The second-order valence-electron chi connectivity index (χ2n) is 5.82. The first-order valence-corrected chi connectivity index (χ1v) is 7.01. The van der Waals surface area contributed by atoms with Crippen molar-refractivity contribution in [3.05, 3.63) is 29.8 Å². The molecular formula is C15H21N2O2+. The SMILES string of the molecule is C[NH+]1CCC2(CC1)C[C@H](NC=O)c1ccccc1O2. The zero-order chi connectivity index (χ0) is 13.3. The van der Waals surface area contributed by atoms with Gasteiger partial charge >= 0.3 is 0 Å². The Hall–Kier alpha value is -1.55. The summed E-state index contributed by atoms with van der Waals surface area (Å²) in [7, 11) is 2.23. The number of benzene rings is 1. The molecule has 1 aromatic rings. The van der Waals surface area contributed by atoms with Gasteiger partial charge in [0.2, 0.25) is 6.41 Å². The van der Waals surface area contributed by atoms with Crippen LogP contribution in [-0.2, 0) is 4.79 Å². The molecule has 0 unspecified atom stereocenters. The van der Waals surface area contributed by atoms with Crippen LogP contribution in [0.25, 0.3) is 0 Å². The maximum absolute atomic E-state index is 10.9. The molecule has 0 aliphatic carbocycles. The molecule has 4 heteroatoms.